The molecule has 1 amide bonds. The maximum absolute atomic E-state index is 10.8. The molecule has 0 aliphatic heterocycles. The van der Waals surface area contributed by atoms with Crippen LogP contribution in [0.1, 0.15) is 33.3 Å². The number of amides is 1. The summed E-state index contributed by atoms with van der Waals surface area (Å²) in [6, 6.07) is 1.41. The van der Waals surface area contributed by atoms with Gasteiger partial charge in [-0.3, -0.25) is 4.79 Å². The number of primary amides is 1. The average molecular weight is 194 g/mol. The van der Waals surface area contributed by atoms with Crippen LogP contribution in [0.4, 0.5) is 0 Å². The number of aryl methyl sites for hydroxylation is 1. The monoisotopic (exact) mass is 194 g/mol. The lowest BCUT2D eigenvalue weighted by atomic mass is 10.1. The number of carbonyl (C=O) groups is 2. The molecule has 0 aromatic carbocycles. The highest BCUT2D eigenvalue weighted by Gasteiger charge is 2.15. The van der Waals surface area contributed by atoms with Gasteiger partial charge in [0.2, 0.25) is 0 Å². The van der Waals surface area contributed by atoms with E-state index < -0.39 is 11.9 Å². The van der Waals surface area contributed by atoms with Crippen molar-refractivity contribution in [2.75, 3.05) is 0 Å². The second-order valence-corrected chi connectivity index (χ2v) is 2.76. The third-order valence-electron chi connectivity index (χ3n) is 1.82. The number of carbonyl (C=O) groups excluding carboxylic acids is 1. The van der Waals surface area contributed by atoms with Crippen molar-refractivity contribution in [3.63, 3.8) is 0 Å². The summed E-state index contributed by atoms with van der Waals surface area (Å²) in [5.41, 5.74) is 5.39. The first-order valence-electron chi connectivity index (χ1n) is 4.08. The minimum atomic E-state index is -1.19. The molecule has 1 heterocycles. The molecule has 0 radical (unpaired) electrons. The molecule has 0 atom stereocenters. The van der Waals surface area contributed by atoms with Crippen LogP contribution in [0.25, 0.3) is 0 Å². The molecule has 5 nitrogen and oxygen atoms in total. The lowest BCUT2D eigenvalue weighted by Crippen LogP contribution is -2.18. The smallest absolute Gasteiger partial charge is 0.338 e. The van der Waals surface area contributed by atoms with E-state index in [2.05, 4.69) is 4.98 Å². The van der Waals surface area contributed by atoms with E-state index in [9.17, 15) is 9.59 Å². The Balaban J connectivity index is 3.31. The minimum Gasteiger partial charge on any atom is -0.478 e. The second-order valence-electron chi connectivity index (χ2n) is 2.76. The van der Waals surface area contributed by atoms with Crippen LogP contribution in [-0.2, 0) is 6.42 Å². The standard InChI is InChI=1S/C9H10N2O3/c1-2-5-3-6(9(13)14)7(8(10)12)11-4-5/h3-4H,2H2,1H3,(H2,10,12)(H,13,14). The van der Waals surface area contributed by atoms with Gasteiger partial charge in [0.05, 0.1) is 5.56 Å². The summed E-state index contributed by atoms with van der Waals surface area (Å²) in [7, 11) is 0. The molecule has 74 valence electrons. The molecule has 0 aliphatic rings. The predicted molar refractivity (Wildman–Crippen MR) is 49.1 cm³/mol. The van der Waals surface area contributed by atoms with Crippen LogP contribution >= 0.6 is 0 Å². The highest BCUT2D eigenvalue weighted by atomic mass is 16.4. The molecule has 1 aromatic heterocycles. The van der Waals surface area contributed by atoms with Gasteiger partial charge in [0.15, 0.2) is 0 Å². The van der Waals surface area contributed by atoms with E-state index in [0.717, 1.165) is 5.56 Å². The minimum absolute atomic E-state index is 0.142. The average Bonchev–Trinajstić information content (AvgIpc) is 2.16. The van der Waals surface area contributed by atoms with Gasteiger partial charge in [-0.2, -0.15) is 0 Å². The van der Waals surface area contributed by atoms with E-state index in [-0.39, 0.29) is 11.3 Å². The van der Waals surface area contributed by atoms with E-state index in [1.165, 1.54) is 12.3 Å². The van der Waals surface area contributed by atoms with E-state index in [1.54, 1.807) is 0 Å². The number of aromatic nitrogens is 1. The zero-order valence-electron chi connectivity index (χ0n) is 7.65. The molecule has 0 aliphatic carbocycles. The fourth-order valence-corrected chi connectivity index (χ4v) is 1.06. The van der Waals surface area contributed by atoms with Crippen molar-refractivity contribution in [3.8, 4) is 0 Å². The van der Waals surface area contributed by atoms with Gasteiger partial charge in [-0.15, -0.1) is 0 Å². The summed E-state index contributed by atoms with van der Waals surface area (Å²) in [6.07, 6.45) is 2.11. The number of pyridine rings is 1. The molecule has 0 saturated heterocycles. The summed E-state index contributed by atoms with van der Waals surface area (Å²) < 4.78 is 0. The number of aromatic carboxylic acids is 1. The van der Waals surface area contributed by atoms with Crippen molar-refractivity contribution in [1.82, 2.24) is 4.98 Å². The normalized spacial score (nSPS) is 9.79. The molecule has 0 saturated carbocycles. The molecule has 5 heteroatoms. The van der Waals surface area contributed by atoms with Crippen molar-refractivity contribution in [1.29, 1.82) is 0 Å². The van der Waals surface area contributed by atoms with Crippen molar-refractivity contribution >= 4 is 11.9 Å². The third-order valence-corrected chi connectivity index (χ3v) is 1.82. The highest BCUT2D eigenvalue weighted by Crippen LogP contribution is 2.09. The van der Waals surface area contributed by atoms with Crippen molar-refractivity contribution in [3.05, 3.63) is 29.1 Å². The van der Waals surface area contributed by atoms with Crippen molar-refractivity contribution < 1.29 is 14.7 Å². The predicted octanol–water partition coefficient (Wildman–Crippen LogP) is 0.441. The number of nitrogens with two attached hydrogens (primary N) is 1. The van der Waals surface area contributed by atoms with Crippen LogP contribution in [0.2, 0.25) is 0 Å². The van der Waals surface area contributed by atoms with Crippen LogP contribution in [0, 0.1) is 0 Å². The quantitative estimate of drug-likeness (QED) is 0.730. The molecule has 0 unspecified atom stereocenters. The Morgan fingerprint density at radius 1 is 1.57 bits per heavy atom. The maximum Gasteiger partial charge on any atom is 0.338 e. The Labute approximate surface area is 80.6 Å². The molecular formula is C9H10N2O3. The first-order valence-corrected chi connectivity index (χ1v) is 4.08. The lowest BCUT2D eigenvalue weighted by Gasteiger charge is -2.03. The van der Waals surface area contributed by atoms with E-state index in [1.807, 2.05) is 6.92 Å². The number of carboxylic acid groups (broad SMARTS) is 1. The molecule has 0 fully saturated rings. The largest absolute Gasteiger partial charge is 0.478 e. The molecule has 1 aromatic rings. The first-order chi connectivity index (χ1) is 6.56. The molecular weight excluding hydrogens is 184 g/mol. The molecule has 1 rings (SSSR count). The lowest BCUT2D eigenvalue weighted by molar-refractivity contribution is 0.0691. The summed E-state index contributed by atoms with van der Waals surface area (Å²) in [6.45, 7) is 1.87. The van der Waals surface area contributed by atoms with Gasteiger partial charge in [0.1, 0.15) is 5.69 Å². The van der Waals surface area contributed by atoms with E-state index in [0.29, 0.717) is 6.42 Å². The number of hydrogen-bond donors (Lipinski definition) is 2. The van der Waals surface area contributed by atoms with Gasteiger partial charge in [0.25, 0.3) is 5.91 Å². The van der Waals surface area contributed by atoms with E-state index in [4.69, 9.17) is 10.8 Å². The zero-order valence-corrected chi connectivity index (χ0v) is 7.65. The summed E-state index contributed by atoms with van der Waals surface area (Å²) in [5.74, 6) is -2.02. The van der Waals surface area contributed by atoms with Gasteiger partial charge in [-0.25, -0.2) is 9.78 Å². The Hall–Kier alpha value is -1.91. The van der Waals surface area contributed by atoms with Crippen LogP contribution in [0.5, 0.6) is 0 Å². The maximum atomic E-state index is 10.8. The summed E-state index contributed by atoms with van der Waals surface area (Å²) in [4.78, 5) is 25.3. The van der Waals surface area contributed by atoms with Crippen LogP contribution in [0.3, 0.4) is 0 Å². The summed E-state index contributed by atoms with van der Waals surface area (Å²) in [5, 5.41) is 8.79. The van der Waals surface area contributed by atoms with Crippen molar-refractivity contribution in [2.24, 2.45) is 5.73 Å². The topological polar surface area (TPSA) is 93.3 Å². The number of carboxylic acids is 1. The number of nitrogens with zero attached hydrogens (tertiary/aromatic N) is 1. The van der Waals surface area contributed by atoms with Gasteiger partial charge in [-0.1, -0.05) is 6.92 Å². The van der Waals surface area contributed by atoms with Crippen molar-refractivity contribution in [2.45, 2.75) is 13.3 Å². The fraction of sp³-hybridized carbons (Fsp3) is 0.222. The number of rotatable bonds is 3. The Kier molecular flexibility index (Phi) is 2.81. The van der Waals surface area contributed by atoms with Crippen LogP contribution in [-0.4, -0.2) is 22.0 Å². The Bertz CT molecular complexity index is 388. The second kappa shape index (κ2) is 3.87. The molecule has 0 bridgehead atoms. The van der Waals surface area contributed by atoms with Gasteiger partial charge >= 0.3 is 5.97 Å². The molecule has 14 heavy (non-hydrogen) atoms. The molecule has 3 N–H and O–H groups in total. The van der Waals surface area contributed by atoms with Crippen LogP contribution in [0.15, 0.2) is 12.3 Å². The van der Waals surface area contributed by atoms with Crippen LogP contribution < -0.4 is 5.73 Å². The Morgan fingerprint density at radius 2 is 2.21 bits per heavy atom. The molecule has 0 spiro atoms. The Morgan fingerprint density at radius 3 is 2.64 bits per heavy atom. The zero-order chi connectivity index (χ0) is 10.7. The van der Waals surface area contributed by atoms with Gasteiger partial charge in [-0.05, 0) is 18.1 Å². The van der Waals surface area contributed by atoms with E-state index >= 15 is 0 Å². The fourth-order valence-electron chi connectivity index (χ4n) is 1.06. The van der Waals surface area contributed by atoms with Gasteiger partial charge in [0, 0.05) is 6.20 Å². The number of hydrogen-bond acceptors (Lipinski definition) is 3. The third kappa shape index (κ3) is 1.87. The van der Waals surface area contributed by atoms with Gasteiger partial charge < -0.3 is 10.8 Å². The SMILES string of the molecule is CCc1cnc(C(N)=O)c(C(=O)O)c1. The summed E-state index contributed by atoms with van der Waals surface area (Å²) >= 11 is 0. The first kappa shape index (κ1) is 10.2. The highest BCUT2D eigenvalue weighted by molar-refractivity contribution is 6.02.